The minimum Gasteiger partial charge on any atom is -0.342 e. The van der Waals surface area contributed by atoms with Crippen molar-refractivity contribution in [2.45, 2.75) is 29.9 Å². The number of amides is 2. The molecule has 2 saturated heterocycles. The molecule has 160 valence electrons. The molecule has 2 aliphatic heterocycles. The van der Waals surface area contributed by atoms with Gasteiger partial charge in [0.1, 0.15) is 0 Å². The second-order valence-corrected chi connectivity index (χ2v) is 9.26. The molecular formula is C19H25F2N3O4S. The lowest BCUT2D eigenvalue weighted by Gasteiger charge is -2.36. The number of nitrogens with zero attached hydrogens (tertiary/aromatic N) is 3. The van der Waals surface area contributed by atoms with Crippen LogP contribution in [0.5, 0.6) is 0 Å². The number of piperazine rings is 1. The van der Waals surface area contributed by atoms with Crippen LogP contribution in [0.15, 0.2) is 29.2 Å². The Morgan fingerprint density at radius 3 is 2.00 bits per heavy atom. The highest BCUT2D eigenvalue weighted by Crippen LogP contribution is 2.19. The van der Waals surface area contributed by atoms with Crippen molar-refractivity contribution in [3.63, 3.8) is 0 Å². The molecule has 0 radical (unpaired) electrons. The Morgan fingerprint density at radius 1 is 0.862 bits per heavy atom. The molecule has 0 aliphatic carbocycles. The number of sulfone groups is 1. The van der Waals surface area contributed by atoms with Crippen LogP contribution in [0.4, 0.5) is 8.78 Å². The monoisotopic (exact) mass is 429 g/mol. The molecule has 2 aliphatic rings. The molecule has 1 aromatic carbocycles. The highest BCUT2D eigenvalue weighted by molar-refractivity contribution is 7.91. The Bertz CT molecular complexity index is 832. The zero-order valence-corrected chi connectivity index (χ0v) is 16.9. The van der Waals surface area contributed by atoms with Gasteiger partial charge in [0.25, 0.3) is 5.91 Å². The van der Waals surface area contributed by atoms with Gasteiger partial charge in [-0.15, -0.1) is 0 Å². The van der Waals surface area contributed by atoms with Gasteiger partial charge >= 0.3 is 5.76 Å². The molecule has 2 fully saturated rings. The van der Waals surface area contributed by atoms with Gasteiger partial charge in [-0.25, -0.2) is 8.42 Å². The number of carbonyl (C=O) groups excluding carboxylic acids is 2. The Hall–Kier alpha value is -2.07. The molecule has 0 N–H and O–H groups in total. The van der Waals surface area contributed by atoms with E-state index in [0.29, 0.717) is 32.7 Å². The number of halogens is 2. The van der Waals surface area contributed by atoms with Crippen molar-refractivity contribution in [2.75, 3.05) is 45.8 Å². The molecule has 7 nitrogen and oxygen atoms in total. The van der Waals surface area contributed by atoms with E-state index in [1.165, 1.54) is 18.6 Å². The molecule has 0 atom stereocenters. The van der Waals surface area contributed by atoms with E-state index >= 15 is 0 Å². The van der Waals surface area contributed by atoms with Gasteiger partial charge < -0.3 is 9.80 Å². The van der Waals surface area contributed by atoms with E-state index in [2.05, 4.69) is 0 Å². The number of benzene rings is 1. The zero-order valence-electron chi connectivity index (χ0n) is 16.1. The average Bonchev–Trinajstić information content (AvgIpc) is 2.74. The number of likely N-dealkylation sites (tertiary alicyclic amines) is 1. The summed E-state index contributed by atoms with van der Waals surface area (Å²) in [7, 11) is -4.67. The highest BCUT2D eigenvalue weighted by atomic mass is 32.2. The van der Waals surface area contributed by atoms with E-state index in [1.807, 2.05) is 9.80 Å². The SMILES string of the molecule is O=C(CN1CCN(C(=O)c2ccc(S(=O)(=O)C(F)F)cc2)CC1)N1CCCCC1. The Balaban J connectivity index is 1.52. The first-order valence-electron chi connectivity index (χ1n) is 9.70. The van der Waals surface area contributed by atoms with Crippen LogP contribution in [0.1, 0.15) is 29.6 Å². The molecule has 3 rings (SSSR count). The van der Waals surface area contributed by atoms with Gasteiger partial charge in [0.2, 0.25) is 15.7 Å². The van der Waals surface area contributed by atoms with Crippen molar-refractivity contribution in [2.24, 2.45) is 0 Å². The van der Waals surface area contributed by atoms with Crippen molar-refractivity contribution in [1.29, 1.82) is 0 Å². The van der Waals surface area contributed by atoms with Crippen molar-refractivity contribution >= 4 is 21.7 Å². The van der Waals surface area contributed by atoms with Crippen LogP contribution in [0.25, 0.3) is 0 Å². The maximum Gasteiger partial charge on any atom is 0.341 e. The summed E-state index contributed by atoms with van der Waals surface area (Å²) in [6.45, 7) is 4.02. The summed E-state index contributed by atoms with van der Waals surface area (Å²) < 4.78 is 48.1. The van der Waals surface area contributed by atoms with Crippen LogP contribution in [0.3, 0.4) is 0 Å². The van der Waals surface area contributed by atoms with Gasteiger partial charge in [-0.2, -0.15) is 8.78 Å². The van der Waals surface area contributed by atoms with Gasteiger partial charge in [0, 0.05) is 44.8 Å². The topological polar surface area (TPSA) is 78.0 Å². The third kappa shape index (κ3) is 5.11. The summed E-state index contributed by atoms with van der Waals surface area (Å²) in [6, 6.07) is 4.57. The predicted octanol–water partition coefficient (Wildman–Crippen LogP) is 1.45. The summed E-state index contributed by atoms with van der Waals surface area (Å²) in [5.41, 5.74) is 0.246. The molecule has 10 heteroatoms. The molecule has 0 bridgehead atoms. The first kappa shape index (κ1) is 21.6. The van der Waals surface area contributed by atoms with Crippen LogP contribution in [0.2, 0.25) is 0 Å². The molecule has 29 heavy (non-hydrogen) atoms. The maximum absolute atomic E-state index is 12.6. The molecule has 0 spiro atoms. The van der Waals surface area contributed by atoms with E-state index in [4.69, 9.17) is 0 Å². The number of hydrogen-bond donors (Lipinski definition) is 0. The summed E-state index contributed by atoms with van der Waals surface area (Å²) in [4.78, 5) is 30.0. The number of piperidine rings is 1. The van der Waals surface area contributed by atoms with E-state index in [0.717, 1.165) is 38.1 Å². The van der Waals surface area contributed by atoms with Gasteiger partial charge in [-0.3, -0.25) is 14.5 Å². The lowest BCUT2D eigenvalue weighted by atomic mass is 10.1. The van der Waals surface area contributed by atoms with Crippen molar-refractivity contribution in [3.8, 4) is 0 Å². The van der Waals surface area contributed by atoms with Crippen LogP contribution in [-0.2, 0) is 14.6 Å². The number of carbonyl (C=O) groups is 2. The minimum atomic E-state index is -4.67. The number of rotatable bonds is 5. The second kappa shape index (κ2) is 9.17. The third-order valence-electron chi connectivity index (χ3n) is 5.39. The molecule has 2 heterocycles. The number of alkyl halides is 2. The summed E-state index contributed by atoms with van der Waals surface area (Å²) in [5.74, 6) is -3.65. The Kier molecular flexibility index (Phi) is 6.84. The van der Waals surface area contributed by atoms with Crippen LogP contribution in [-0.4, -0.2) is 86.5 Å². The molecule has 0 aromatic heterocycles. The Morgan fingerprint density at radius 2 is 1.45 bits per heavy atom. The Labute approximate surface area is 169 Å². The predicted molar refractivity (Wildman–Crippen MR) is 102 cm³/mol. The van der Waals surface area contributed by atoms with Crippen molar-refractivity contribution in [1.82, 2.24) is 14.7 Å². The van der Waals surface area contributed by atoms with Crippen LogP contribution < -0.4 is 0 Å². The highest BCUT2D eigenvalue weighted by Gasteiger charge is 2.28. The lowest BCUT2D eigenvalue weighted by molar-refractivity contribution is -0.133. The van der Waals surface area contributed by atoms with Gasteiger partial charge in [-0.1, -0.05) is 0 Å². The van der Waals surface area contributed by atoms with E-state index in [-0.39, 0.29) is 17.4 Å². The van der Waals surface area contributed by atoms with E-state index < -0.39 is 20.5 Å². The standard InChI is InChI=1S/C19H25F2N3O4S/c20-19(21)29(27,28)16-6-4-15(5-7-16)18(26)24-12-10-22(11-13-24)14-17(25)23-8-2-1-3-9-23/h4-7,19H,1-3,8-14H2. The first-order valence-corrected chi connectivity index (χ1v) is 11.2. The van der Waals surface area contributed by atoms with Gasteiger partial charge in [0.15, 0.2) is 0 Å². The quantitative estimate of drug-likeness (QED) is 0.708. The second-order valence-electron chi connectivity index (χ2n) is 7.34. The first-order chi connectivity index (χ1) is 13.8. The van der Waals surface area contributed by atoms with Crippen molar-refractivity contribution < 1.29 is 26.8 Å². The molecule has 2 amide bonds. The summed E-state index contributed by atoms with van der Waals surface area (Å²) >= 11 is 0. The molecule has 0 unspecified atom stereocenters. The summed E-state index contributed by atoms with van der Waals surface area (Å²) in [5, 5.41) is 0. The van der Waals surface area contributed by atoms with E-state index in [1.54, 1.807) is 4.90 Å². The van der Waals surface area contributed by atoms with E-state index in [9.17, 15) is 26.8 Å². The van der Waals surface area contributed by atoms with Gasteiger partial charge in [-0.05, 0) is 43.5 Å². The average molecular weight is 429 g/mol. The summed E-state index contributed by atoms with van der Waals surface area (Å²) in [6.07, 6.45) is 3.26. The normalized spacial score (nSPS) is 18.9. The fourth-order valence-electron chi connectivity index (χ4n) is 3.62. The number of hydrogen-bond acceptors (Lipinski definition) is 5. The van der Waals surface area contributed by atoms with Crippen LogP contribution >= 0.6 is 0 Å². The fraction of sp³-hybridized carbons (Fsp3) is 0.579. The van der Waals surface area contributed by atoms with Crippen LogP contribution in [0, 0.1) is 0 Å². The molecular weight excluding hydrogens is 404 g/mol. The smallest absolute Gasteiger partial charge is 0.341 e. The molecule has 1 aromatic rings. The van der Waals surface area contributed by atoms with Crippen molar-refractivity contribution in [3.05, 3.63) is 29.8 Å². The van der Waals surface area contributed by atoms with Gasteiger partial charge in [0.05, 0.1) is 11.4 Å². The molecule has 0 saturated carbocycles. The fourth-order valence-corrected chi connectivity index (χ4v) is 4.34. The minimum absolute atomic E-state index is 0.125. The lowest BCUT2D eigenvalue weighted by Crippen LogP contribution is -2.52. The maximum atomic E-state index is 12.6. The third-order valence-corrected chi connectivity index (χ3v) is 6.79. The largest absolute Gasteiger partial charge is 0.342 e. The zero-order chi connectivity index (χ0) is 21.0.